The lowest BCUT2D eigenvalue weighted by atomic mass is 10.1. The normalized spacial score (nSPS) is 16.2. The van der Waals surface area contributed by atoms with Crippen molar-refractivity contribution in [3.05, 3.63) is 44.8 Å². The first-order valence-corrected chi connectivity index (χ1v) is 8.38. The first-order valence-electron chi connectivity index (χ1n) is 6.62. The van der Waals surface area contributed by atoms with E-state index in [-0.39, 0.29) is 11.8 Å². The van der Waals surface area contributed by atoms with E-state index in [1.165, 1.54) is 27.6 Å². The summed E-state index contributed by atoms with van der Waals surface area (Å²) in [7, 11) is 0. The molecule has 0 bridgehead atoms. The summed E-state index contributed by atoms with van der Waals surface area (Å²) >= 11 is 2.97. The first kappa shape index (κ1) is 14.2. The molecular weight excluding hydrogens is 302 g/mol. The van der Waals surface area contributed by atoms with Crippen LogP contribution >= 0.6 is 22.7 Å². The molecular formula is C16H15NO2S2. The zero-order valence-corrected chi connectivity index (χ0v) is 13.7. The molecule has 0 unspecified atom stereocenters. The minimum atomic E-state index is -0.532. The van der Waals surface area contributed by atoms with Crippen molar-refractivity contribution in [2.24, 2.45) is 0 Å². The van der Waals surface area contributed by atoms with Crippen molar-refractivity contribution in [1.82, 2.24) is 4.90 Å². The van der Waals surface area contributed by atoms with Crippen molar-refractivity contribution >= 4 is 45.6 Å². The summed E-state index contributed by atoms with van der Waals surface area (Å²) < 4.78 is 0. The second-order valence-corrected chi connectivity index (χ2v) is 7.72. The molecule has 0 radical (unpaired) electrons. The first-order chi connectivity index (χ1) is 9.91. The Morgan fingerprint density at radius 1 is 0.857 bits per heavy atom. The van der Waals surface area contributed by atoms with E-state index in [2.05, 4.69) is 0 Å². The molecule has 5 heteroatoms. The van der Waals surface area contributed by atoms with Gasteiger partial charge in [0.15, 0.2) is 0 Å². The average molecular weight is 317 g/mol. The number of amides is 2. The van der Waals surface area contributed by atoms with Crippen molar-refractivity contribution in [1.29, 1.82) is 0 Å². The topological polar surface area (TPSA) is 37.4 Å². The van der Waals surface area contributed by atoms with E-state index in [4.69, 9.17) is 0 Å². The predicted octanol–water partition coefficient (Wildman–Crippen LogP) is 3.89. The molecule has 3 heterocycles. The summed E-state index contributed by atoms with van der Waals surface area (Å²) in [5.41, 5.74) is 0.537. The van der Waals surface area contributed by atoms with Gasteiger partial charge in [-0.15, -0.1) is 22.7 Å². The van der Waals surface area contributed by atoms with Crippen LogP contribution in [0.5, 0.6) is 0 Å². The Morgan fingerprint density at radius 2 is 1.29 bits per heavy atom. The SMILES string of the molecule is CC(C)(C)N1C(=O)C(c2cccs2)=C(c2cccs2)C1=O. The third kappa shape index (κ3) is 2.26. The van der Waals surface area contributed by atoms with Gasteiger partial charge in [0.05, 0.1) is 11.1 Å². The molecule has 0 spiro atoms. The molecule has 1 aliphatic heterocycles. The van der Waals surface area contributed by atoms with Gasteiger partial charge in [0.1, 0.15) is 0 Å². The molecule has 1 aliphatic rings. The number of imide groups is 1. The molecule has 0 aromatic carbocycles. The molecule has 3 rings (SSSR count). The lowest BCUT2D eigenvalue weighted by Gasteiger charge is -2.30. The van der Waals surface area contributed by atoms with Crippen LogP contribution in [0.2, 0.25) is 0 Å². The van der Waals surface area contributed by atoms with E-state index in [1.807, 2.05) is 55.8 Å². The van der Waals surface area contributed by atoms with Gasteiger partial charge in [0.25, 0.3) is 11.8 Å². The van der Waals surface area contributed by atoms with E-state index >= 15 is 0 Å². The molecule has 0 aliphatic carbocycles. The number of rotatable bonds is 2. The van der Waals surface area contributed by atoms with Crippen LogP contribution in [0.3, 0.4) is 0 Å². The summed E-state index contributed by atoms with van der Waals surface area (Å²) in [6, 6.07) is 7.59. The molecule has 0 saturated carbocycles. The van der Waals surface area contributed by atoms with Crippen LogP contribution in [0.4, 0.5) is 0 Å². The van der Waals surface area contributed by atoms with Gasteiger partial charge in [-0.05, 0) is 43.7 Å². The smallest absolute Gasteiger partial charge is 0.263 e. The highest BCUT2D eigenvalue weighted by atomic mass is 32.1. The third-order valence-electron chi connectivity index (χ3n) is 3.29. The fourth-order valence-corrected chi connectivity index (χ4v) is 3.97. The number of nitrogens with zero attached hydrogens (tertiary/aromatic N) is 1. The second-order valence-electron chi connectivity index (χ2n) is 5.82. The van der Waals surface area contributed by atoms with Crippen molar-refractivity contribution in [3.63, 3.8) is 0 Å². The van der Waals surface area contributed by atoms with E-state index in [0.29, 0.717) is 11.1 Å². The fourth-order valence-electron chi connectivity index (χ4n) is 2.44. The Kier molecular flexibility index (Phi) is 3.34. The van der Waals surface area contributed by atoms with Gasteiger partial charge in [-0.1, -0.05) is 12.1 Å². The molecule has 0 atom stereocenters. The number of thiophene rings is 2. The van der Waals surface area contributed by atoms with Crippen LogP contribution in [0.15, 0.2) is 35.0 Å². The quantitative estimate of drug-likeness (QED) is 0.788. The second kappa shape index (κ2) is 4.93. The average Bonchev–Trinajstić information content (AvgIpc) is 3.07. The van der Waals surface area contributed by atoms with Gasteiger partial charge in [-0.25, -0.2) is 0 Å². The van der Waals surface area contributed by atoms with Crippen LogP contribution in [0.25, 0.3) is 11.1 Å². The maximum absolute atomic E-state index is 12.8. The summed E-state index contributed by atoms with van der Waals surface area (Å²) in [4.78, 5) is 28.7. The molecule has 0 saturated heterocycles. The number of hydrogen-bond acceptors (Lipinski definition) is 4. The maximum Gasteiger partial charge on any atom is 0.263 e. The van der Waals surface area contributed by atoms with Crippen LogP contribution in [-0.2, 0) is 9.59 Å². The maximum atomic E-state index is 12.8. The summed E-state index contributed by atoms with van der Waals surface area (Å²) in [6.07, 6.45) is 0. The van der Waals surface area contributed by atoms with Gasteiger partial charge >= 0.3 is 0 Å². The Morgan fingerprint density at radius 3 is 1.57 bits per heavy atom. The molecule has 0 N–H and O–H groups in total. The number of carbonyl (C=O) groups excluding carboxylic acids is 2. The molecule has 3 nitrogen and oxygen atoms in total. The predicted molar refractivity (Wildman–Crippen MR) is 87.1 cm³/mol. The lowest BCUT2D eigenvalue weighted by Crippen LogP contribution is -2.46. The van der Waals surface area contributed by atoms with Gasteiger partial charge in [-0.2, -0.15) is 0 Å². The Bertz CT molecular complexity index is 663. The number of carbonyl (C=O) groups is 2. The van der Waals surface area contributed by atoms with Gasteiger partial charge in [0, 0.05) is 15.3 Å². The molecule has 0 fully saturated rings. The van der Waals surface area contributed by atoms with Gasteiger partial charge in [0.2, 0.25) is 0 Å². The van der Waals surface area contributed by atoms with Crippen LogP contribution in [0, 0.1) is 0 Å². The lowest BCUT2D eigenvalue weighted by molar-refractivity contribution is -0.141. The van der Waals surface area contributed by atoms with Crippen LogP contribution < -0.4 is 0 Å². The van der Waals surface area contributed by atoms with Crippen molar-refractivity contribution in [3.8, 4) is 0 Å². The fraction of sp³-hybridized carbons (Fsp3) is 0.250. The summed E-state index contributed by atoms with van der Waals surface area (Å²) in [5, 5.41) is 3.84. The highest BCUT2D eigenvalue weighted by molar-refractivity contribution is 7.13. The molecule has 2 aromatic rings. The summed E-state index contributed by atoms with van der Waals surface area (Å²) in [6.45, 7) is 5.64. The monoisotopic (exact) mass is 317 g/mol. The zero-order valence-electron chi connectivity index (χ0n) is 12.0. The highest BCUT2D eigenvalue weighted by Crippen LogP contribution is 2.41. The molecule has 108 valence electrons. The minimum absolute atomic E-state index is 0.196. The summed E-state index contributed by atoms with van der Waals surface area (Å²) in [5.74, 6) is -0.392. The van der Waals surface area contributed by atoms with Crippen molar-refractivity contribution in [2.75, 3.05) is 0 Å². The highest BCUT2D eigenvalue weighted by Gasteiger charge is 2.45. The Labute approximate surface area is 131 Å². The Hall–Kier alpha value is -1.72. The standard InChI is InChI=1S/C16H15NO2S2/c1-16(2,3)17-14(18)12(10-6-4-8-20-10)13(15(17)19)11-7-5-9-21-11/h4-9H,1-3H3. The minimum Gasteiger partial charge on any atom is -0.269 e. The Balaban J connectivity index is 2.22. The largest absolute Gasteiger partial charge is 0.269 e. The van der Waals surface area contributed by atoms with Crippen molar-refractivity contribution in [2.45, 2.75) is 26.3 Å². The van der Waals surface area contributed by atoms with E-state index in [0.717, 1.165) is 9.75 Å². The third-order valence-corrected chi connectivity index (χ3v) is 5.06. The van der Waals surface area contributed by atoms with Gasteiger partial charge < -0.3 is 0 Å². The molecule has 2 amide bonds. The molecule has 21 heavy (non-hydrogen) atoms. The van der Waals surface area contributed by atoms with Crippen molar-refractivity contribution < 1.29 is 9.59 Å². The molecule has 2 aromatic heterocycles. The van der Waals surface area contributed by atoms with Crippen LogP contribution in [0.1, 0.15) is 30.5 Å². The van der Waals surface area contributed by atoms with E-state index in [1.54, 1.807) is 0 Å². The van der Waals surface area contributed by atoms with E-state index in [9.17, 15) is 9.59 Å². The zero-order chi connectivity index (χ0) is 15.2. The van der Waals surface area contributed by atoms with Crippen LogP contribution in [-0.4, -0.2) is 22.3 Å². The van der Waals surface area contributed by atoms with Gasteiger partial charge in [-0.3, -0.25) is 14.5 Å². The van der Waals surface area contributed by atoms with E-state index < -0.39 is 5.54 Å². The number of hydrogen-bond donors (Lipinski definition) is 0.